The second-order valence-electron chi connectivity index (χ2n) is 6.27. The van der Waals surface area contributed by atoms with E-state index in [-0.39, 0.29) is 17.4 Å². The van der Waals surface area contributed by atoms with Crippen LogP contribution in [0.1, 0.15) is 23.6 Å². The molecule has 0 aromatic heterocycles. The standard InChI is InChI=1S/C20H25N3O5S/c1-5-21-20(24)13-28-17-9-8-16(11-18(17)27-4)12-22-23-29(25,26)19-10-14(2)6-7-15(19)3/h6-12,23H,5,13H2,1-4H3,(H,21,24)/b22-12-. The zero-order valence-electron chi connectivity index (χ0n) is 16.9. The first-order chi connectivity index (χ1) is 13.8. The number of sulfonamides is 1. The molecule has 9 heteroatoms. The molecule has 0 heterocycles. The zero-order chi connectivity index (χ0) is 21.4. The smallest absolute Gasteiger partial charge is 0.276 e. The first-order valence-electron chi connectivity index (χ1n) is 8.96. The van der Waals surface area contributed by atoms with Crippen LogP contribution in [0.3, 0.4) is 0 Å². The van der Waals surface area contributed by atoms with E-state index in [4.69, 9.17) is 9.47 Å². The van der Waals surface area contributed by atoms with Crippen LogP contribution in [0.25, 0.3) is 0 Å². The van der Waals surface area contributed by atoms with Gasteiger partial charge in [0.15, 0.2) is 18.1 Å². The van der Waals surface area contributed by atoms with Gasteiger partial charge in [-0.05, 0) is 61.7 Å². The van der Waals surface area contributed by atoms with Gasteiger partial charge in [-0.2, -0.15) is 13.5 Å². The van der Waals surface area contributed by atoms with E-state index in [0.717, 1.165) is 5.56 Å². The maximum atomic E-state index is 12.5. The van der Waals surface area contributed by atoms with E-state index in [1.165, 1.54) is 13.3 Å². The Bertz CT molecular complexity index is 1000. The molecule has 2 rings (SSSR count). The number of hydrogen-bond donors (Lipinski definition) is 2. The molecule has 2 aromatic carbocycles. The molecule has 0 aliphatic heterocycles. The van der Waals surface area contributed by atoms with Crippen LogP contribution in [0, 0.1) is 13.8 Å². The first-order valence-corrected chi connectivity index (χ1v) is 10.4. The molecule has 156 valence electrons. The van der Waals surface area contributed by atoms with Gasteiger partial charge >= 0.3 is 0 Å². The van der Waals surface area contributed by atoms with Crippen molar-refractivity contribution in [3.8, 4) is 11.5 Å². The number of likely N-dealkylation sites (N-methyl/N-ethyl adjacent to an activating group) is 1. The van der Waals surface area contributed by atoms with Crippen molar-refractivity contribution in [1.29, 1.82) is 0 Å². The van der Waals surface area contributed by atoms with E-state index in [1.807, 2.05) is 19.9 Å². The molecule has 0 aliphatic rings. The molecule has 2 N–H and O–H groups in total. The van der Waals surface area contributed by atoms with Crippen LogP contribution in [0.15, 0.2) is 46.4 Å². The Labute approximate surface area is 171 Å². The van der Waals surface area contributed by atoms with Crippen molar-refractivity contribution in [3.63, 3.8) is 0 Å². The van der Waals surface area contributed by atoms with Gasteiger partial charge in [-0.1, -0.05) is 12.1 Å². The minimum Gasteiger partial charge on any atom is -0.493 e. The van der Waals surface area contributed by atoms with E-state index in [9.17, 15) is 13.2 Å². The molecule has 0 spiro atoms. The minimum absolute atomic E-state index is 0.132. The summed E-state index contributed by atoms with van der Waals surface area (Å²) in [5, 5.41) is 6.48. The monoisotopic (exact) mass is 419 g/mol. The van der Waals surface area contributed by atoms with E-state index >= 15 is 0 Å². The lowest BCUT2D eigenvalue weighted by Gasteiger charge is -2.11. The van der Waals surface area contributed by atoms with Crippen LogP contribution in [0.4, 0.5) is 0 Å². The SMILES string of the molecule is CCNC(=O)COc1ccc(/C=N\NS(=O)(=O)c2cc(C)ccc2C)cc1OC. The molecule has 8 nitrogen and oxygen atoms in total. The van der Waals surface area contributed by atoms with Crippen LogP contribution < -0.4 is 19.6 Å². The fourth-order valence-corrected chi connectivity index (χ4v) is 3.61. The minimum atomic E-state index is -3.78. The molecule has 0 saturated carbocycles. The van der Waals surface area contributed by atoms with Gasteiger partial charge in [-0.15, -0.1) is 0 Å². The number of nitrogens with zero attached hydrogens (tertiary/aromatic N) is 1. The number of methoxy groups -OCH3 is 1. The average molecular weight is 420 g/mol. The third-order valence-electron chi connectivity index (χ3n) is 3.94. The molecule has 29 heavy (non-hydrogen) atoms. The number of carbonyl (C=O) groups excluding carboxylic acids is 1. The molecule has 0 fully saturated rings. The number of aryl methyl sites for hydroxylation is 2. The average Bonchev–Trinajstić information content (AvgIpc) is 2.68. The number of ether oxygens (including phenoxy) is 2. The second kappa shape index (κ2) is 9.92. The number of amides is 1. The molecular formula is C20H25N3O5S. The van der Waals surface area contributed by atoms with Crippen LogP contribution in [0.5, 0.6) is 11.5 Å². The Kier molecular flexibility index (Phi) is 7.60. The van der Waals surface area contributed by atoms with Crippen molar-refractivity contribution in [2.75, 3.05) is 20.3 Å². The highest BCUT2D eigenvalue weighted by Gasteiger charge is 2.16. The fraction of sp³-hybridized carbons (Fsp3) is 0.300. The number of hydrazone groups is 1. The Morgan fingerprint density at radius 3 is 2.59 bits per heavy atom. The maximum absolute atomic E-state index is 12.5. The van der Waals surface area contributed by atoms with E-state index in [0.29, 0.717) is 29.2 Å². The summed E-state index contributed by atoms with van der Waals surface area (Å²) in [6.45, 7) is 5.76. The maximum Gasteiger partial charge on any atom is 0.276 e. The summed E-state index contributed by atoms with van der Waals surface area (Å²) in [5.41, 5.74) is 2.07. The van der Waals surface area contributed by atoms with Crippen molar-refractivity contribution in [3.05, 3.63) is 53.1 Å². The van der Waals surface area contributed by atoms with Crippen LogP contribution >= 0.6 is 0 Å². The summed E-state index contributed by atoms with van der Waals surface area (Å²) in [6, 6.07) is 10.1. The van der Waals surface area contributed by atoms with E-state index in [2.05, 4.69) is 15.2 Å². The van der Waals surface area contributed by atoms with Gasteiger partial charge < -0.3 is 14.8 Å². The van der Waals surface area contributed by atoms with Gasteiger partial charge in [0.25, 0.3) is 15.9 Å². The third kappa shape index (κ3) is 6.21. The van der Waals surface area contributed by atoms with Crippen LogP contribution in [-0.4, -0.2) is 40.8 Å². The highest BCUT2D eigenvalue weighted by molar-refractivity contribution is 7.89. The summed E-state index contributed by atoms with van der Waals surface area (Å²) in [5.74, 6) is 0.559. The number of nitrogens with one attached hydrogen (secondary N) is 2. The Morgan fingerprint density at radius 2 is 1.90 bits per heavy atom. The molecule has 0 radical (unpaired) electrons. The van der Waals surface area contributed by atoms with E-state index in [1.54, 1.807) is 37.3 Å². The number of carbonyl (C=O) groups is 1. The highest BCUT2D eigenvalue weighted by atomic mass is 32.2. The first kappa shape index (κ1) is 22.2. The molecule has 0 unspecified atom stereocenters. The molecule has 0 bridgehead atoms. The number of hydrogen-bond acceptors (Lipinski definition) is 6. The predicted molar refractivity (Wildman–Crippen MR) is 111 cm³/mol. The zero-order valence-corrected chi connectivity index (χ0v) is 17.7. The Morgan fingerprint density at radius 1 is 1.14 bits per heavy atom. The van der Waals surface area contributed by atoms with Crippen LogP contribution in [-0.2, 0) is 14.8 Å². The number of rotatable bonds is 9. The van der Waals surface area contributed by atoms with Gasteiger partial charge in [-0.25, -0.2) is 4.83 Å². The summed E-state index contributed by atoms with van der Waals surface area (Å²) in [7, 11) is -2.31. The third-order valence-corrected chi connectivity index (χ3v) is 5.30. The largest absolute Gasteiger partial charge is 0.493 e. The lowest BCUT2D eigenvalue weighted by Crippen LogP contribution is -2.28. The number of benzene rings is 2. The molecule has 2 aromatic rings. The lowest BCUT2D eigenvalue weighted by molar-refractivity contribution is -0.123. The second-order valence-corrected chi connectivity index (χ2v) is 7.90. The van der Waals surface area contributed by atoms with Gasteiger partial charge in [0.2, 0.25) is 0 Å². The summed E-state index contributed by atoms with van der Waals surface area (Å²) < 4.78 is 35.6. The summed E-state index contributed by atoms with van der Waals surface area (Å²) in [6.07, 6.45) is 1.36. The molecule has 0 saturated heterocycles. The molecule has 0 atom stereocenters. The van der Waals surface area contributed by atoms with Gasteiger partial charge in [0.05, 0.1) is 18.2 Å². The topological polar surface area (TPSA) is 106 Å². The normalized spacial score (nSPS) is 11.3. The highest BCUT2D eigenvalue weighted by Crippen LogP contribution is 2.27. The van der Waals surface area contributed by atoms with Gasteiger partial charge in [0, 0.05) is 6.54 Å². The van der Waals surface area contributed by atoms with Crippen molar-refractivity contribution in [1.82, 2.24) is 10.1 Å². The summed E-state index contributed by atoms with van der Waals surface area (Å²) >= 11 is 0. The fourth-order valence-electron chi connectivity index (χ4n) is 2.49. The quantitative estimate of drug-likeness (QED) is 0.478. The lowest BCUT2D eigenvalue weighted by atomic mass is 10.2. The van der Waals surface area contributed by atoms with Crippen molar-refractivity contribution in [2.45, 2.75) is 25.7 Å². The Balaban J connectivity index is 2.10. The summed E-state index contributed by atoms with van der Waals surface area (Å²) in [4.78, 5) is 13.9. The predicted octanol–water partition coefficient (Wildman–Crippen LogP) is 2.14. The van der Waals surface area contributed by atoms with Crippen molar-refractivity contribution >= 4 is 22.1 Å². The van der Waals surface area contributed by atoms with Gasteiger partial charge in [0.1, 0.15) is 0 Å². The van der Waals surface area contributed by atoms with Crippen molar-refractivity contribution in [2.24, 2.45) is 5.10 Å². The van der Waals surface area contributed by atoms with Gasteiger partial charge in [-0.3, -0.25) is 4.79 Å². The van der Waals surface area contributed by atoms with Crippen molar-refractivity contribution < 1.29 is 22.7 Å². The van der Waals surface area contributed by atoms with Crippen LogP contribution in [0.2, 0.25) is 0 Å². The molecular weight excluding hydrogens is 394 g/mol. The molecule has 1 amide bonds. The molecule has 0 aliphatic carbocycles. The Hall–Kier alpha value is -3.07. The van der Waals surface area contributed by atoms with E-state index < -0.39 is 10.0 Å².